The molecule has 0 saturated carbocycles. The highest BCUT2D eigenvalue weighted by atomic mass is 32.1. The van der Waals surface area contributed by atoms with Gasteiger partial charge in [-0.15, -0.1) is 11.3 Å². The van der Waals surface area contributed by atoms with Gasteiger partial charge in [-0.1, -0.05) is 24.3 Å². The van der Waals surface area contributed by atoms with E-state index in [1.165, 1.54) is 4.70 Å². The van der Waals surface area contributed by atoms with Gasteiger partial charge in [0.2, 0.25) is 5.91 Å². The fourth-order valence-corrected chi connectivity index (χ4v) is 3.66. The Balaban J connectivity index is 1.66. The number of carbonyl (C=O) groups is 1. The molecule has 0 aliphatic carbocycles. The first-order valence-electron chi connectivity index (χ1n) is 8.66. The van der Waals surface area contributed by atoms with Crippen LogP contribution in [0.25, 0.3) is 10.2 Å². The molecule has 1 amide bonds. The van der Waals surface area contributed by atoms with Crippen LogP contribution in [0.3, 0.4) is 0 Å². The summed E-state index contributed by atoms with van der Waals surface area (Å²) >= 11 is 1.66. The number of hydrogen-bond acceptors (Lipinski definition) is 5. The number of amides is 1. The third-order valence-corrected chi connectivity index (χ3v) is 5.23. The first-order valence-corrected chi connectivity index (χ1v) is 9.47. The molecule has 0 aliphatic rings. The molecular formula is C20H23N3O2S. The van der Waals surface area contributed by atoms with Gasteiger partial charge in [0.15, 0.2) is 0 Å². The Morgan fingerprint density at radius 2 is 1.96 bits per heavy atom. The van der Waals surface area contributed by atoms with Crippen LogP contribution in [0.2, 0.25) is 0 Å². The fraction of sp³-hybridized carbons (Fsp3) is 0.300. The molecule has 5 nitrogen and oxygen atoms in total. The topological polar surface area (TPSA) is 54.5 Å². The first-order chi connectivity index (χ1) is 12.6. The second-order valence-corrected chi connectivity index (χ2v) is 7.20. The Labute approximate surface area is 157 Å². The average Bonchev–Trinajstić information content (AvgIpc) is 3.05. The number of thiazole rings is 1. The number of para-hydroxylation sites is 3. The molecule has 3 aromatic rings. The van der Waals surface area contributed by atoms with Gasteiger partial charge >= 0.3 is 0 Å². The average molecular weight is 369 g/mol. The highest BCUT2D eigenvalue weighted by Gasteiger charge is 2.20. The molecule has 1 atom stereocenters. The van der Waals surface area contributed by atoms with Crippen molar-refractivity contribution in [2.45, 2.75) is 26.4 Å². The highest BCUT2D eigenvalue weighted by Crippen LogP contribution is 2.25. The van der Waals surface area contributed by atoms with Crippen molar-refractivity contribution in [3.05, 3.63) is 53.5 Å². The van der Waals surface area contributed by atoms with Crippen LogP contribution < -0.4 is 10.1 Å². The summed E-state index contributed by atoms with van der Waals surface area (Å²) in [5, 5.41) is 3.97. The highest BCUT2D eigenvalue weighted by molar-refractivity contribution is 7.18. The van der Waals surface area contributed by atoms with Gasteiger partial charge in [-0.25, -0.2) is 4.98 Å². The third-order valence-electron chi connectivity index (χ3n) is 4.21. The van der Waals surface area contributed by atoms with E-state index in [4.69, 9.17) is 4.74 Å². The van der Waals surface area contributed by atoms with Crippen LogP contribution >= 0.6 is 11.3 Å². The van der Waals surface area contributed by atoms with Crippen molar-refractivity contribution >= 4 is 33.1 Å². The molecule has 0 saturated heterocycles. The molecule has 0 spiro atoms. The first kappa shape index (κ1) is 18.4. The van der Waals surface area contributed by atoms with E-state index in [1.54, 1.807) is 11.3 Å². The van der Waals surface area contributed by atoms with E-state index in [1.807, 2.05) is 68.3 Å². The summed E-state index contributed by atoms with van der Waals surface area (Å²) in [6.07, 6.45) is 0. The number of nitrogens with zero attached hydrogens (tertiary/aromatic N) is 2. The van der Waals surface area contributed by atoms with E-state index < -0.39 is 0 Å². The Hall–Kier alpha value is -2.44. The zero-order valence-electron chi connectivity index (χ0n) is 15.2. The Morgan fingerprint density at radius 1 is 1.23 bits per heavy atom. The van der Waals surface area contributed by atoms with E-state index >= 15 is 0 Å². The van der Waals surface area contributed by atoms with E-state index in [9.17, 15) is 4.79 Å². The largest absolute Gasteiger partial charge is 0.492 e. The zero-order valence-corrected chi connectivity index (χ0v) is 16.0. The second kappa shape index (κ2) is 8.29. The molecule has 0 bridgehead atoms. The Kier molecular flexibility index (Phi) is 5.85. The second-order valence-electron chi connectivity index (χ2n) is 6.08. The van der Waals surface area contributed by atoms with Crippen molar-refractivity contribution in [3.63, 3.8) is 0 Å². The van der Waals surface area contributed by atoms with Gasteiger partial charge in [0.1, 0.15) is 10.8 Å². The maximum absolute atomic E-state index is 12.6. The predicted molar refractivity (Wildman–Crippen MR) is 107 cm³/mol. The van der Waals surface area contributed by atoms with Gasteiger partial charge in [-0.05, 0) is 45.2 Å². The number of hydrogen-bond donors (Lipinski definition) is 1. The standard InChI is InChI=1S/C20H23N3O2S/c1-4-25-17-11-7-5-9-15(17)22-20(24)14(2)23(3)13-19-21-16-10-6-8-12-18(16)26-19/h5-12,14H,4,13H2,1-3H3,(H,22,24). The van der Waals surface area contributed by atoms with Gasteiger partial charge in [0, 0.05) is 0 Å². The van der Waals surface area contributed by atoms with Crippen molar-refractivity contribution in [2.24, 2.45) is 0 Å². The maximum atomic E-state index is 12.6. The molecule has 6 heteroatoms. The fourth-order valence-electron chi connectivity index (χ4n) is 2.63. The van der Waals surface area contributed by atoms with Crippen LogP contribution in [0.5, 0.6) is 5.75 Å². The molecule has 1 N–H and O–H groups in total. The summed E-state index contributed by atoms with van der Waals surface area (Å²) in [6.45, 7) is 5.00. The van der Waals surface area contributed by atoms with Gasteiger partial charge in [-0.3, -0.25) is 9.69 Å². The van der Waals surface area contributed by atoms with Crippen molar-refractivity contribution in [2.75, 3.05) is 19.0 Å². The SMILES string of the molecule is CCOc1ccccc1NC(=O)C(C)N(C)Cc1nc2ccccc2s1. The quantitative estimate of drug-likeness (QED) is 0.680. The third kappa shape index (κ3) is 4.20. The van der Waals surface area contributed by atoms with E-state index in [2.05, 4.69) is 16.4 Å². The van der Waals surface area contributed by atoms with Crippen LogP contribution in [-0.4, -0.2) is 35.5 Å². The minimum Gasteiger partial charge on any atom is -0.492 e. The number of anilines is 1. The normalized spacial score (nSPS) is 12.3. The molecular weight excluding hydrogens is 346 g/mol. The molecule has 0 aliphatic heterocycles. The van der Waals surface area contributed by atoms with Gasteiger partial charge in [-0.2, -0.15) is 0 Å². The van der Waals surface area contributed by atoms with E-state index in [0.717, 1.165) is 10.5 Å². The van der Waals surface area contributed by atoms with E-state index in [0.29, 0.717) is 24.6 Å². The summed E-state index contributed by atoms with van der Waals surface area (Å²) < 4.78 is 6.74. The number of benzene rings is 2. The van der Waals surface area contributed by atoms with Gasteiger partial charge < -0.3 is 10.1 Å². The number of ether oxygens (including phenoxy) is 1. The Bertz CT molecular complexity index is 860. The van der Waals surface area contributed by atoms with Crippen LogP contribution in [0, 0.1) is 0 Å². The summed E-state index contributed by atoms with van der Waals surface area (Å²) in [5.41, 5.74) is 1.70. The minimum atomic E-state index is -0.295. The molecule has 1 aromatic heterocycles. The van der Waals surface area contributed by atoms with Crippen LogP contribution in [0.4, 0.5) is 5.69 Å². The summed E-state index contributed by atoms with van der Waals surface area (Å²) in [7, 11) is 1.94. The van der Waals surface area contributed by atoms with Crippen LogP contribution in [0.15, 0.2) is 48.5 Å². The van der Waals surface area contributed by atoms with Crippen molar-refractivity contribution < 1.29 is 9.53 Å². The summed E-state index contributed by atoms with van der Waals surface area (Å²) in [6, 6.07) is 15.3. The van der Waals surface area contributed by atoms with Gasteiger partial charge in [0.25, 0.3) is 0 Å². The monoisotopic (exact) mass is 369 g/mol. The van der Waals surface area contributed by atoms with E-state index in [-0.39, 0.29) is 11.9 Å². The molecule has 2 aromatic carbocycles. The number of rotatable bonds is 7. The number of aromatic nitrogens is 1. The maximum Gasteiger partial charge on any atom is 0.241 e. The van der Waals surface area contributed by atoms with Crippen LogP contribution in [-0.2, 0) is 11.3 Å². The van der Waals surface area contributed by atoms with Crippen molar-refractivity contribution in [1.82, 2.24) is 9.88 Å². The molecule has 26 heavy (non-hydrogen) atoms. The molecule has 1 unspecified atom stereocenters. The lowest BCUT2D eigenvalue weighted by Gasteiger charge is -2.23. The number of nitrogens with one attached hydrogen (secondary N) is 1. The Morgan fingerprint density at radius 3 is 2.73 bits per heavy atom. The number of likely N-dealkylation sites (N-methyl/N-ethyl adjacent to an activating group) is 1. The van der Waals surface area contributed by atoms with Crippen molar-refractivity contribution in [1.29, 1.82) is 0 Å². The lowest BCUT2D eigenvalue weighted by molar-refractivity contribution is -0.120. The minimum absolute atomic E-state index is 0.0687. The predicted octanol–water partition coefficient (Wildman–Crippen LogP) is 4.15. The van der Waals surface area contributed by atoms with Gasteiger partial charge in [0.05, 0.1) is 35.1 Å². The lowest BCUT2D eigenvalue weighted by atomic mass is 10.2. The van der Waals surface area contributed by atoms with Crippen LogP contribution in [0.1, 0.15) is 18.9 Å². The molecule has 0 radical (unpaired) electrons. The number of fused-ring (bicyclic) bond motifs is 1. The number of carbonyl (C=O) groups excluding carboxylic acids is 1. The summed E-state index contributed by atoms with van der Waals surface area (Å²) in [4.78, 5) is 19.3. The molecule has 3 rings (SSSR count). The lowest BCUT2D eigenvalue weighted by Crippen LogP contribution is -2.39. The summed E-state index contributed by atoms with van der Waals surface area (Å²) in [5.74, 6) is 0.616. The molecule has 136 valence electrons. The zero-order chi connectivity index (χ0) is 18.5. The van der Waals surface area contributed by atoms with Crippen molar-refractivity contribution in [3.8, 4) is 5.75 Å². The smallest absolute Gasteiger partial charge is 0.241 e. The molecule has 0 fully saturated rings. The molecule has 1 heterocycles.